The van der Waals surface area contributed by atoms with Gasteiger partial charge in [0.15, 0.2) is 0 Å². The van der Waals surface area contributed by atoms with Crippen LogP contribution in [0, 0.1) is 11.3 Å². The normalized spacial score (nSPS) is 16.1. The predicted molar refractivity (Wildman–Crippen MR) is 98.5 cm³/mol. The Labute approximate surface area is 150 Å². The quantitative estimate of drug-likeness (QED) is 0.691. The van der Waals surface area contributed by atoms with E-state index in [0.717, 1.165) is 12.0 Å². The summed E-state index contributed by atoms with van der Waals surface area (Å²) in [4.78, 5) is 16.5. The second kappa shape index (κ2) is 6.54. The molecule has 0 N–H and O–H groups in total. The highest BCUT2D eigenvalue weighted by atomic mass is 32.1. The van der Waals surface area contributed by atoms with Crippen LogP contribution in [0.2, 0.25) is 0 Å². The van der Waals surface area contributed by atoms with Crippen molar-refractivity contribution < 1.29 is 4.79 Å². The number of nitriles is 1. The average Bonchev–Trinajstić information content (AvgIpc) is 3.16. The van der Waals surface area contributed by atoms with Crippen LogP contribution in [-0.4, -0.2) is 17.4 Å². The highest BCUT2D eigenvalue weighted by Gasteiger charge is 2.33. The molecule has 4 rings (SSSR count). The number of nitrogens with zero attached hydrogens (tertiary/aromatic N) is 2. The fraction of sp³-hybridized carbons (Fsp3) is 0.143. The predicted octanol–water partition coefficient (Wildman–Crippen LogP) is 4.41. The van der Waals surface area contributed by atoms with E-state index in [2.05, 4.69) is 29.6 Å². The van der Waals surface area contributed by atoms with Gasteiger partial charge < -0.3 is 4.90 Å². The van der Waals surface area contributed by atoms with Gasteiger partial charge in [0.05, 0.1) is 17.7 Å². The molecule has 0 radical (unpaired) electrons. The molecular weight excluding hydrogens is 328 g/mol. The van der Waals surface area contributed by atoms with Crippen LogP contribution < -0.4 is 0 Å². The second-order valence-corrected chi connectivity index (χ2v) is 7.05. The minimum Gasteiger partial charge on any atom is -0.327 e. The van der Waals surface area contributed by atoms with Gasteiger partial charge in [-0.2, -0.15) is 5.26 Å². The molecule has 0 bridgehead atoms. The summed E-state index contributed by atoms with van der Waals surface area (Å²) in [6.45, 7) is 0.683. The molecule has 1 atom stereocenters. The van der Waals surface area contributed by atoms with E-state index in [1.807, 2.05) is 23.1 Å². The van der Waals surface area contributed by atoms with Crippen molar-refractivity contribution in [1.82, 2.24) is 4.90 Å². The Bertz CT molecular complexity index is 955. The monoisotopic (exact) mass is 344 g/mol. The van der Waals surface area contributed by atoms with E-state index in [1.54, 1.807) is 35.6 Å². The van der Waals surface area contributed by atoms with Gasteiger partial charge in [0.2, 0.25) is 0 Å². The summed E-state index contributed by atoms with van der Waals surface area (Å²) >= 11 is 1.76. The number of benzene rings is 2. The van der Waals surface area contributed by atoms with E-state index in [4.69, 9.17) is 5.26 Å². The fourth-order valence-electron chi connectivity index (χ4n) is 3.42. The summed E-state index contributed by atoms with van der Waals surface area (Å²) in [7, 11) is 0. The van der Waals surface area contributed by atoms with Crippen LogP contribution in [0.3, 0.4) is 0 Å². The van der Waals surface area contributed by atoms with Crippen molar-refractivity contribution in [3.05, 3.63) is 93.2 Å². The van der Waals surface area contributed by atoms with E-state index >= 15 is 0 Å². The Balaban J connectivity index is 1.77. The van der Waals surface area contributed by atoms with Gasteiger partial charge in [-0.25, -0.2) is 0 Å². The topological polar surface area (TPSA) is 44.1 Å². The van der Waals surface area contributed by atoms with Crippen LogP contribution in [-0.2, 0) is 6.42 Å². The number of fused-ring (bicyclic) bond motifs is 1. The van der Waals surface area contributed by atoms with Crippen LogP contribution in [0.4, 0.5) is 0 Å². The second-order valence-electron chi connectivity index (χ2n) is 6.05. The molecule has 0 aliphatic carbocycles. The lowest BCUT2D eigenvalue weighted by atomic mass is 9.92. The van der Waals surface area contributed by atoms with Gasteiger partial charge in [-0.05, 0) is 47.2 Å². The van der Waals surface area contributed by atoms with Crippen LogP contribution in [0.15, 0.2) is 66.0 Å². The third-order valence-electron chi connectivity index (χ3n) is 4.58. The average molecular weight is 344 g/mol. The largest absolute Gasteiger partial charge is 0.327 e. The number of carbonyl (C=O) groups excluding carboxylic acids is 1. The van der Waals surface area contributed by atoms with E-state index in [0.29, 0.717) is 17.7 Å². The Morgan fingerprint density at radius 1 is 1.12 bits per heavy atom. The smallest absolute Gasteiger partial charge is 0.254 e. The molecule has 122 valence electrons. The standard InChI is InChI=1S/C21H16N2OS/c22-14-15-5-4-8-17(13-15)21(24)23-11-9-19-18(10-12-25-19)20(23)16-6-2-1-3-7-16/h1-8,10,12-13,20H,9,11H2/t20-/m1/s1. The SMILES string of the molecule is N#Cc1cccc(C(=O)N2CCc3sccc3[C@H]2c2ccccc2)c1. The maximum Gasteiger partial charge on any atom is 0.254 e. The molecule has 4 heteroatoms. The molecule has 1 amide bonds. The molecule has 3 nitrogen and oxygen atoms in total. The number of hydrogen-bond donors (Lipinski definition) is 0. The molecule has 0 saturated carbocycles. The van der Waals surface area contributed by atoms with Crippen molar-refractivity contribution in [3.63, 3.8) is 0 Å². The van der Waals surface area contributed by atoms with Gasteiger partial charge in [0.1, 0.15) is 0 Å². The Kier molecular flexibility index (Phi) is 4.09. The summed E-state index contributed by atoms with van der Waals surface area (Å²) in [5, 5.41) is 11.2. The van der Waals surface area contributed by atoms with Crippen molar-refractivity contribution in [2.75, 3.05) is 6.54 Å². The fourth-order valence-corrected chi connectivity index (χ4v) is 4.32. The van der Waals surface area contributed by atoms with Gasteiger partial charge in [0.25, 0.3) is 5.91 Å². The van der Waals surface area contributed by atoms with Crippen LogP contribution >= 0.6 is 11.3 Å². The first-order chi connectivity index (χ1) is 12.3. The van der Waals surface area contributed by atoms with Gasteiger partial charge in [-0.3, -0.25) is 4.79 Å². The third-order valence-corrected chi connectivity index (χ3v) is 5.58. The van der Waals surface area contributed by atoms with E-state index in [9.17, 15) is 4.79 Å². The molecule has 1 aliphatic heterocycles. The van der Waals surface area contributed by atoms with Gasteiger partial charge in [-0.1, -0.05) is 36.4 Å². The Hall–Kier alpha value is -2.90. The zero-order valence-corrected chi connectivity index (χ0v) is 14.4. The molecule has 0 unspecified atom stereocenters. The van der Waals surface area contributed by atoms with Crippen molar-refractivity contribution >= 4 is 17.2 Å². The lowest BCUT2D eigenvalue weighted by Gasteiger charge is -2.36. The van der Waals surface area contributed by atoms with Crippen molar-refractivity contribution in [2.45, 2.75) is 12.5 Å². The first-order valence-electron chi connectivity index (χ1n) is 8.20. The highest BCUT2D eigenvalue weighted by Crippen LogP contribution is 2.38. The minimum absolute atomic E-state index is 0.0252. The summed E-state index contributed by atoms with van der Waals surface area (Å²) in [5.41, 5.74) is 3.41. The first-order valence-corrected chi connectivity index (χ1v) is 9.08. The van der Waals surface area contributed by atoms with Crippen molar-refractivity contribution in [2.24, 2.45) is 0 Å². The summed E-state index contributed by atoms with van der Waals surface area (Å²) < 4.78 is 0. The molecular formula is C21H16N2OS. The number of amides is 1. The minimum atomic E-state index is -0.0746. The molecule has 3 aromatic rings. The Morgan fingerprint density at radius 3 is 2.76 bits per heavy atom. The zero-order chi connectivity index (χ0) is 17.2. The number of carbonyl (C=O) groups is 1. The van der Waals surface area contributed by atoms with Gasteiger partial charge in [0, 0.05) is 17.0 Å². The summed E-state index contributed by atoms with van der Waals surface area (Å²) in [5.74, 6) is -0.0252. The highest BCUT2D eigenvalue weighted by molar-refractivity contribution is 7.10. The molecule has 1 aromatic heterocycles. The van der Waals surface area contributed by atoms with E-state index in [-0.39, 0.29) is 11.9 Å². The van der Waals surface area contributed by atoms with Gasteiger partial charge >= 0.3 is 0 Å². The molecule has 2 aromatic carbocycles. The van der Waals surface area contributed by atoms with Gasteiger partial charge in [-0.15, -0.1) is 11.3 Å². The summed E-state index contributed by atoms with van der Waals surface area (Å²) in [6.07, 6.45) is 0.875. The number of thiophene rings is 1. The number of rotatable bonds is 2. The van der Waals surface area contributed by atoms with E-state index < -0.39 is 0 Å². The molecule has 2 heterocycles. The van der Waals surface area contributed by atoms with Crippen LogP contribution in [0.1, 0.15) is 38.0 Å². The summed E-state index contributed by atoms with van der Waals surface area (Å²) in [6, 6.07) is 21.3. The maximum absolute atomic E-state index is 13.2. The molecule has 0 spiro atoms. The lowest BCUT2D eigenvalue weighted by Crippen LogP contribution is -2.40. The molecule has 25 heavy (non-hydrogen) atoms. The Morgan fingerprint density at radius 2 is 1.96 bits per heavy atom. The maximum atomic E-state index is 13.2. The van der Waals surface area contributed by atoms with Crippen LogP contribution in [0.5, 0.6) is 0 Å². The number of hydrogen-bond acceptors (Lipinski definition) is 3. The molecule has 0 fully saturated rings. The first kappa shape index (κ1) is 15.6. The molecule has 1 aliphatic rings. The third kappa shape index (κ3) is 2.84. The molecule has 0 saturated heterocycles. The van der Waals surface area contributed by atoms with Crippen LogP contribution in [0.25, 0.3) is 0 Å². The zero-order valence-electron chi connectivity index (χ0n) is 13.6. The van der Waals surface area contributed by atoms with Crippen molar-refractivity contribution in [3.8, 4) is 6.07 Å². The van der Waals surface area contributed by atoms with E-state index in [1.165, 1.54) is 10.4 Å². The lowest BCUT2D eigenvalue weighted by molar-refractivity contribution is 0.0696. The van der Waals surface area contributed by atoms with Crippen molar-refractivity contribution in [1.29, 1.82) is 5.26 Å².